The van der Waals surface area contributed by atoms with Gasteiger partial charge in [0.25, 0.3) is 0 Å². The van der Waals surface area contributed by atoms with Crippen LogP contribution in [-0.4, -0.2) is 37.0 Å². The van der Waals surface area contributed by atoms with E-state index in [-0.39, 0.29) is 0 Å². The maximum absolute atomic E-state index is 5.20. The molecule has 0 spiro atoms. The van der Waals surface area contributed by atoms with Gasteiger partial charge in [-0.3, -0.25) is 0 Å². The van der Waals surface area contributed by atoms with Gasteiger partial charge in [-0.05, 0) is 6.42 Å². The summed E-state index contributed by atoms with van der Waals surface area (Å²) < 4.78 is 19.4. The van der Waals surface area contributed by atoms with Crippen molar-refractivity contribution in [3.63, 3.8) is 0 Å². The predicted octanol–water partition coefficient (Wildman–Crippen LogP) is 0.583. The lowest BCUT2D eigenvalue weighted by Gasteiger charge is -2.21. The van der Waals surface area contributed by atoms with Crippen molar-refractivity contribution in [2.75, 3.05) is 27.9 Å². The second kappa shape index (κ2) is 8.26. The van der Waals surface area contributed by atoms with E-state index in [1.807, 2.05) is 6.92 Å². The Morgan fingerprint density at radius 1 is 0.857 bits per heavy atom. The third-order valence-corrected chi connectivity index (χ3v) is 2.71. The van der Waals surface area contributed by atoms with Gasteiger partial charge in [0.2, 0.25) is 0 Å². The molecule has 0 heterocycles. The zero-order chi connectivity index (χ0) is 10.9. The molecule has 0 saturated carbocycles. The van der Waals surface area contributed by atoms with Gasteiger partial charge < -0.3 is 4.43 Å². The lowest BCUT2D eigenvalue weighted by Crippen LogP contribution is -2.48. The van der Waals surface area contributed by atoms with Crippen LogP contribution in [0.25, 0.3) is 0 Å². The molecule has 0 unspecified atom stereocenters. The minimum Gasteiger partial charge on any atom is -0.347 e. The fourth-order valence-electron chi connectivity index (χ4n) is 0.647. The number of rotatable bonds is 9. The van der Waals surface area contributed by atoms with E-state index < -0.39 is 9.05 Å². The van der Waals surface area contributed by atoms with E-state index in [9.17, 15) is 0 Å². The van der Waals surface area contributed by atoms with Gasteiger partial charge in [-0.15, -0.1) is 0 Å². The summed E-state index contributed by atoms with van der Waals surface area (Å²) >= 11 is 0. The van der Waals surface area contributed by atoms with Crippen molar-refractivity contribution < 1.29 is 32.8 Å². The SMILES string of the molecule is CCCO[Si](OOC)(OOC)OOC. The van der Waals surface area contributed by atoms with Gasteiger partial charge >= 0.3 is 9.05 Å². The molecule has 8 heteroatoms. The van der Waals surface area contributed by atoms with Gasteiger partial charge in [0.15, 0.2) is 0 Å². The highest BCUT2D eigenvalue weighted by molar-refractivity contribution is 6.52. The van der Waals surface area contributed by atoms with Crippen molar-refractivity contribution in [2.24, 2.45) is 0 Å². The van der Waals surface area contributed by atoms with Gasteiger partial charge in [-0.2, -0.15) is 13.7 Å². The van der Waals surface area contributed by atoms with Crippen molar-refractivity contribution in [3.8, 4) is 0 Å². The Labute approximate surface area is 84.0 Å². The third kappa shape index (κ3) is 4.98. The first kappa shape index (κ1) is 13.9. The molecule has 0 aromatic heterocycles. The highest BCUT2D eigenvalue weighted by Crippen LogP contribution is 2.12. The fourth-order valence-corrected chi connectivity index (χ4v) is 1.94. The van der Waals surface area contributed by atoms with Gasteiger partial charge in [-0.1, -0.05) is 6.92 Å². The minimum atomic E-state index is -3.48. The van der Waals surface area contributed by atoms with Crippen LogP contribution in [0.15, 0.2) is 0 Å². The van der Waals surface area contributed by atoms with E-state index >= 15 is 0 Å². The molecule has 0 aliphatic heterocycles. The average Bonchev–Trinajstić information content (AvgIpc) is 2.16. The highest BCUT2D eigenvalue weighted by Gasteiger charge is 2.51. The van der Waals surface area contributed by atoms with Crippen LogP contribution in [0.2, 0.25) is 0 Å². The molecule has 0 fully saturated rings. The third-order valence-electron chi connectivity index (χ3n) is 1.04. The molecule has 7 nitrogen and oxygen atoms in total. The predicted molar refractivity (Wildman–Crippen MR) is 46.3 cm³/mol. The molecule has 0 aromatic rings. The van der Waals surface area contributed by atoms with Gasteiger partial charge in [0.05, 0.1) is 21.3 Å². The second-order valence-corrected chi connectivity index (χ2v) is 3.89. The fraction of sp³-hybridized carbons (Fsp3) is 1.00. The molecular weight excluding hydrogens is 212 g/mol. The monoisotopic (exact) mass is 228 g/mol. The Morgan fingerprint density at radius 3 is 1.57 bits per heavy atom. The number of hydrogen-bond acceptors (Lipinski definition) is 7. The van der Waals surface area contributed by atoms with Crippen molar-refractivity contribution in [2.45, 2.75) is 13.3 Å². The van der Waals surface area contributed by atoms with Gasteiger partial charge in [-0.25, -0.2) is 14.7 Å². The van der Waals surface area contributed by atoms with Crippen molar-refractivity contribution in [3.05, 3.63) is 0 Å². The molecule has 14 heavy (non-hydrogen) atoms. The van der Waals surface area contributed by atoms with Crippen molar-refractivity contribution in [1.82, 2.24) is 0 Å². The molecule has 0 N–H and O–H groups in total. The Morgan fingerprint density at radius 2 is 1.29 bits per heavy atom. The van der Waals surface area contributed by atoms with E-state index in [4.69, 9.17) is 18.2 Å². The molecule has 0 aliphatic rings. The zero-order valence-corrected chi connectivity index (χ0v) is 9.77. The van der Waals surface area contributed by atoms with Crippen LogP contribution < -0.4 is 0 Å². The summed E-state index contributed by atoms with van der Waals surface area (Å²) in [5.74, 6) is 0. The van der Waals surface area contributed by atoms with E-state index in [0.717, 1.165) is 6.42 Å². The normalized spacial score (nSPS) is 12.0. The highest BCUT2D eigenvalue weighted by atomic mass is 28.4. The lowest BCUT2D eigenvalue weighted by molar-refractivity contribution is -0.370. The summed E-state index contributed by atoms with van der Waals surface area (Å²) in [7, 11) is 0.419. The van der Waals surface area contributed by atoms with Crippen molar-refractivity contribution >= 4 is 9.05 Å². The van der Waals surface area contributed by atoms with Gasteiger partial charge in [0.1, 0.15) is 0 Å². The Bertz CT molecular complexity index is 116. The quantitative estimate of drug-likeness (QED) is 0.325. The summed E-state index contributed by atoms with van der Waals surface area (Å²) in [5, 5.41) is 0. The number of hydrogen-bond donors (Lipinski definition) is 0. The van der Waals surface area contributed by atoms with E-state index in [2.05, 4.69) is 14.7 Å². The van der Waals surface area contributed by atoms with Crippen LogP contribution in [0, 0.1) is 0 Å². The standard InChI is InChI=1S/C6H16O7Si/c1-5-6-10-14(11-7-2,12-8-3)13-9-4/h5-6H2,1-4H3. The molecule has 0 saturated heterocycles. The molecular formula is C6H16O7Si. The van der Waals surface area contributed by atoms with Crippen LogP contribution in [0.1, 0.15) is 13.3 Å². The Hall–Kier alpha value is -0.0631. The molecule has 0 amide bonds. The molecule has 86 valence electrons. The summed E-state index contributed by atoms with van der Waals surface area (Å²) in [6.07, 6.45) is 0.766. The van der Waals surface area contributed by atoms with Crippen LogP contribution in [-0.2, 0) is 32.8 Å². The molecule has 0 radical (unpaired) electrons. The van der Waals surface area contributed by atoms with E-state index in [0.29, 0.717) is 6.61 Å². The average molecular weight is 228 g/mol. The van der Waals surface area contributed by atoms with Crippen LogP contribution in [0.3, 0.4) is 0 Å². The summed E-state index contributed by atoms with van der Waals surface area (Å²) in [6.45, 7) is 2.30. The Balaban J connectivity index is 4.21. The lowest BCUT2D eigenvalue weighted by atomic mass is 10.5. The smallest absolute Gasteiger partial charge is 0.347 e. The molecule has 0 bridgehead atoms. The Kier molecular flexibility index (Phi) is 8.22. The first-order chi connectivity index (χ1) is 6.74. The van der Waals surface area contributed by atoms with Crippen LogP contribution >= 0.6 is 0 Å². The van der Waals surface area contributed by atoms with Crippen LogP contribution in [0.5, 0.6) is 0 Å². The van der Waals surface area contributed by atoms with E-state index in [1.54, 1.807) is 0 Å². The van der Waals surface area contributed by atoms with Crippen molar-refractivity contribution in [1.29, 1.82) is 0 Å². The largest absolute Gasteiger partial charge is 0.764 e. The zero-order valence-electron chi connectivity index (χ0n) is 8.77. The maximum Gasteiger partial charge on any atom is 0.764 e. The first-order valence-corrected chi connectivity index (χ1v) is 5.67. The summed E-state index contributed by atoms with van der Waals surface area (Å²) in [6, 6.07) is 0. The summed E-state index contributed by atoms with van der Waals surface area (Å²) in [5.41, 5.74) is 0. The minimum absolute atomic E-state index is 0.377. The topological polar surface area (TPSA) is 64.6 Å². The molecule has 0 atom stereocenters. The molecule has 0 aliphatic carbocycles. The second-order valence-electron chi connectivity index (χ2n) is 2.10. The molecule has 0 rings (SSSR count). The molecule has 0 aromatic carbocycles. The van der Waals surface area contributed by atoms with E-state index in [1.165, 1.54) is 21.3 Å². The first-order valence-electron chi connectivity index (χ1n) is 4.04. The van der Waals surface area contributed by atoms with Crippen LogP contribution in [0.4, 0.5) is 0 Å². The van der Waals surface area contributed by atoms with Gasteiger partial charge in [0, 0.05) is 6.61 Å². The maximum atomic E-state index is 5.20. The summed E-state index contributed by atoms with van der Waals surface area (Å²) in [4.78, 5) is 13.3.